The molecule has 2 rings (SSSR count). The van der Waals surface area contributed by atoms with Crippen molar-refractivity contribution in [2.75, 3.05) is 13.1 Å². The summed E-state index contributed by atoms with van der Waals surface area (Å²) in [4.78, 5) is 12.1. The minimum Gasteiger partial charge on any atom is -0.352 e. The van der Waals surface area contributed by atoms with Crippen LogP contribution in [0.4, 0.5) is 0 Å². The molecule has 0 saturated heterocycles. The Labute approximate surface area is 114 Å². The second kappa shape index (κ2) is 6.19. The van der Waals surface area contributed by atoms with E-state index in [1.165, 1.54) is 25.7 Å². The largest absolute Gasteiger partial charge is 0.352 e. The van der Waals surface area contributed by atoms with Crippen molar-refractivity contribution >= 4 is 5.91 Å². The van der Waals surface area contributed by atoms with E-state index < -0.39 is 0 Å². The minimum absolute atomic E-state index is 0.0213. The molecular weight excluding hydrogens is 240 g/mol. The third-order valence-electron chi connectivity index (χ3n) is 4.37. The summed E-state index contributed by atoms with van der Waals surface area (Å²) in [5, 5.41) is 7.14. The first-order chi connectivity index (χ1) is 9.13. The molecule has 0 spiro atoms. The zero-order valence-corrected chi connectivity index (χ0v) is 11.9. The summed E-state index contributed by atoms with van der Waals surface area (Å²) in [6.45, 7) is 3.37. The number of aromatic nitrogens is 2. The van der Waals surface area contributed by atoms with Gasteiger partial charge in [-0.25, -0.2) is 0 Å². The molecule has 2 atom stereocenters. The van der Waals surface area contributed by atoms with E-state index in [1.807, 2.05) is 14.0 Å². The Balaban J connectivity index is 1.91. The van der Waals surface area contributed by atoms with Crippen LogP contribution in [0.2, 0.25) is 0 Å². The molecule has 1 aromatic rings. The van der Waals surface area contributed by atoms with Crippen LogP contribution in [-0.2, 0) is 7.05 Å². The van der Waals surface area contributed by atoms with E-state index in [9.17, 15) is 4.79 Å². The van der Waals surface area contributed by atoms with Gasteiger partial charge in [0.2, 0.25) is 0 Å². The number of carbonyl (C=O) groups excluding carboxylic acids is 1. The number of carbonyl (C=O) groups is 1. The fourth-order valence-electron chi connectivity index (χ4n) is 2.90. The SMILES string of the molecule is Cc1c(C(=O)NCC2CCCCC2CN)cnn1C. The van der Waals surface area contributed by atoms with Crippen molar-refractivity contribution in [3.63, 3.8) is 0 Å². The molecule has 0 aliphatic heterocycles. The van der Waals surface area contributed by atoms with Gasteiger partial charge in [-0.3, -0.25) is 9.48 Å². The lowest BCUT2D eigenvalue weighted by atomic mass is 9.79. The Morgan fingerprint density at radius 3 is 2.74 bits per heavy atom. The second-order valence-electron chi connectivity index (χ2n) is 5.52. The second-order valence-corrected chi connectivity index (χ2v) is 5.52. The van der Waals surface area contributed by atoms with Gasteiger partial charge in [-0.05, 0) is 38.1 Å². The van der Waals surface area contributed by atoms with Gasteiger partial charge in [0.05, 0.1) is 11.8 Å². The summed E-state index contributed by atoms with van der Waals surface area (Å²) in [5.74, 6) is 1.07. The van der Waals surface area contributed by atoms with Gasteiger partial charge in [0, 0.05) is 19.3 Å². The quantitative estimate of drug-likeness (QED) is 0.859. The molecule has 1 aliphatic carbocycles. The Hall–Kier alpha value is -1.36. The number of nitrogens with zero attached hydrogens (tertiary/aromatic N) is 2. The Bertz CT molecular complexity index is 441. The first-order valence-corrected chi connectivity index (χ1v) is 7.10. The van der Waals surface area contributed by atoms with Crippen molar-refractivity contribution in [3.05, 3.63) is 17.5 Å². The monoisotopic (exact) mass is 264 g/mol. The maximum absolute atomic E-state index is 12.1. The third kappa shape index (κ3) is 3.15. The molecule has 2 unspecified atom stereocenters. The summed E-state index contributed by atoms with van der Waals surface area (Å²) in [7, 11) is 1.84. The normalized spacial score (nSPS) is 23.3. The molecule has 1 fully saturated rings. The topological polar surface area (TPSA) is 72.9 Å². The fourth-order valence-corrected chi connectivity index (χ4v) is 2.90. The van der Waals surface area contributed by atoms with E-state index >= 15 is 0 Å². The van der Waals surface area contributed by atoms with E-state index in [0.717, 1.165) is 18.8 Å². The van der Waals surface area contributed by atoms with E-state index in [0.29, 0.717) is 17.4 Å². The number of hydrogen-bond acceptors (Lipinski definition) is 3. The summed E-state index contributed by atoms with van der Waals surface area (Å²) in [6.07, 6.45) is 6.53. The van der Waals surface area contributed by atoms with Gasteiger partial charge >= 0.3 is 0 Å². The van der Waals surface area contributed by atoms with Crippen LogP contribution >= 0.6 is 0 Å². The van der Waals surface area contributed by atoms with Gasteiger partial charge in [-0.1, -0.05) is 12.8 Å². The van der Waals surface area contributed by atoms with Gasteiger partial charge < -0.3 is 11.1 Å². The van der Waals surface area contributed by atoms with Crippen molar-refractivity contribution in [1.29, 1.82) is 0 Å². The van der Waals surface area contributed by atoms with Crippen molar-refractivity contribution in [2.24, 2.45) is 24.6 Å². The zero-order valence-electron chi connectivity index (χ0n) is 11.9. The fraction of sp³-hybridized carbons (Fsp3) is 0.714. The first-order valence-electron chi connectivity index (χ1n) is 7.10. The Morgan fingerprint density at radius 1 is 1.47 bits per heavy atom. The van der Waals surface area contributed by atoms with Crippen molar-refractivity contribution in [3.8, 4) is 0 Å². The highest BCUT2D eigenvalue weighted by atomic mass is 16.1. The number of aryl methyl sites for hydroxylation is 1. The van der Waals surface area contributed by atoms with Gasteiger partial charge in [0.1, 0.15) is 0 Å². The molecule has 0 aromatic carbocycles. The molecule has 5 heteroatoms. The van der Waals surface area contributed by atoms with Crippen LogP contribution in [0.25, 0.3) is 0 Å². The molecule has 1 aliphatic rings. The average Bonchev–Trinajstić information content (AvgIpc) is 2.77. The van der Waals surface area contributed by atoms with Crippen LogP contribution in [0.3, 0.4) is 0 Å². The smallest absolute Gasteiger partial charge is 0.254 e. The van der Waals surface area contributed by atoms with E-state index in [1.54, 1.807) is 10.9 Å². The standard InChI is InChI=1S/C14H24N4O/c1-10-13(9-17-18(10)2)14(19)16-8-12-6-4-3-5-11(12)7-15/h9,11-12H,3-8,15H2,1-2H3,(H,16,19). The molecule has 19 heavy (non-hydrogen) atoms. The highest BCUT2D eigenvalue weighted by Gasteiger charge is 2.24. The molecule has 1 saturated carbocycles. The van der Waals surface area contributed by atoms with Gasteiger partial charge in [-0.2, -0.15) is 5.10 Å². The number of hydrogen-bond donors (Lipinski definition) is 2. The minimum atomic E-state index is -0.0213. The molecule has 0 bridgehead atoms. The van der Waals surface area contributed by atoms with Crippen molar-refractivity contribution in [1.82, 2.24) is 15.1 Å². The zero-order chi connectivity index (χ0) is 13.8. The van der Waals surface area contributed by atoms with Crippen LogP contribution < -0.4 is 11.1 Å². The average molecular weight is 264 g/mol. The van der Waals surface area contributed by atoms with Crippen LogP contribution in [0.15, 0.2) is 6.20 Å². The van der Waals surface area contributed by atoms with Gasteiger partial charge in [0.15, 0.2) is 0 Å². The van der Waals surface area contributed by atoms with Crippen LogP contribution in [0, 0.1) is 18.8 Å². The molecule has 0 radical (unpaired) electrons. The highest BCUT2D eigenvalue weighted by Crippen LogP contribution is 2.28. The highest BCUT2D eigenvalue weighted by molar-refractivity contribution is 5.95. The molecule has 106 valence electrons. The Kier molecular flexibility index (Phi) is 4.58. The lowest BCUT2D eigenvalue weighted by molar-refractivity contribution is 0.0934. The van der Waals surface area contributed by atoms with E-state index in [2.05, 4.69) is 10.4 Å². The number of nitrogens with two attached hydrogens (primary N) is 1. The maximum atomic E-state index is 12.1. The summed E-state index contributed by atoms with van der Waals surface area (Å²) < 4.78 is 1.72. The van der Waals surface area contributed by atoms with Crippen molar-refractivity contribution < 1.29 is 4.79 Å². The summed E-state index contributed by atoms with van der Waals surface area (Å²) in [5.41, 5.74) is 7.38. The van der Waals surface area contributed by atoms with Crippen molar-refractivity contribution in [2.45, 2.75) is 32.6 Å². The summed E-state index contributed by atoms with van der Waals surface area (Å²) >= 11 is 0. The van der Waals surface area contributed by atoms with Gasteiger partial charge in [-0.15, -0.1) is 0 Å². The lowest BCUT2D eigenvalue weighted by Gasteiger charge is -2.30. The summed E-state index contributed by atoms with van der Waals surface area (Å²) in [6, 6.07) is 0. The van der Waals surface area contributed by atoms with Gasteiger partial charge in [0.25, 0.3) is 5.91 Å². The molecule has 1 heterocycles. The predicted molar refractivity (Wildman–Crippen MR) is 74.8 cm³/mol. The Morgan fingerprint density at radius 2 is 2.16 bits per heavy atom. The maximum Gasteiger partial charge on any atom is 0.254 e. The predicted octanol–water partition coefficient (Wildman–Crippen LogP) is 1.22. The molecule has 5 nitrogen and oxygen atoms in total. The molecular formula is C14H24N4O. The number of amides is 1. The van der Waals surface area contributed by atoms with Crippen LogP contribution in [0.1, 0.15) is 41.7 Å². The van der Waals surface area contributed by atoms with Crippen LogP contribution in [0.5, 0.6) is 0 Å². The van der Waals surface area contributed by atoms with E-state index in [-0.39, 0.29) is 5.91 Å². The molecule has 1 amide bonds. The lowest BCUT2D eigenvalue weighted by Crippen LogP contribution is -2.37. The van der Waals surface area contributed by atoms with Crippen LogP contribution in [-0.4, -0.2) is 28.8 Å². The third-order valence-corrected chi connectivity index (χ3v) is 4.37. The molecule has 3 N–H and O–H groups in total. The molecule has 1 aromatic heterocycles. The number of rotatable bonds is 4. The number of nitrogens with one attached hydrogen (secondary N) is 1. The first kappa shape index (κ1) is 14.1. The van der Waals surface area contributed by atoms with E-state index in [4.69, 9.17) is 5.73 Å².